The van der Waals surface area contributed by atoms with Crippen LogP contribution in [0.4, 0.5) is 0 Å². The van der Waals surface area contributed by atoms with Gasteiger partial charge in [-0.05, 0) is 0 Å². The standard InChI is InChI=1S/C6H17NO2S/c1-6(2)7-4-5-10(3,8)9/h6-9H,4-5H2,1-3H3. The largest absolute Gasteiger partial charge is 0.313 e. The molecule has 0 aromatic rings. The van der Waals surface area contributed by atoms with Gasteiger partial charge in [0.1, 0.15) is 0 Å². The van der Waals surface area contributed by atoms with Crippen molar-refractivity contribution in [2.45, 2.75) is 19.9 Å². The summed E-state index contributed by atoms with van der Waals surface area (Å²) in [5.41, 5.74) is 0. The number of nitrogens with one attached hydrogen (secondary N) is 1. The Balaban J connectivity index is 3.21. The van der Waals surface area contributed by atoms with Crippen molar-refractivity contribution in [3.63, 3.8) is 0 Å². The van der Waals surface area contributed by atoms with Crippen LogP contribution >= 0.6 is 10.6 Å². The van der Waals surface area contributed by atoms with Crippen LogP contribution in [0, 0.1) is 0 Å². The summed E-state index contributed by atoms with van der Waals surface area (Å²) < 4.78 is 17.9. The minimum Gasteiger partial charge on any atom is -0.313 e. The molecule has 0 saturated heterocycles. The van der Waals surface area contributed by atoms with Gasteiger partial charge in [-0.2, -0.15) is 10.6 Å². The SMILES string of the molecule is CC(C)NCCS(C)(O)O. The minimum atomic E-state index is -2.28. The normalized spacial score (nSPS) is 14.2. The van der Waals surface area contributed by atoms with E-state index >= 15 is 0 Å². The molecule has 0 aliphatic heterocycles. The van der Waals surface area contributed by atoms with Crippen LogP contribution < -0.4 is 5.32 Å². The lowest BCUT2D eigenvalue weighted by molar-refractivity contribution is 0.489. The maximum atomic E-state index is 8.93. The van der Waals surface area contributed by atoms with Crippen molar-refractivity contribution in [2.24, 2.45) is 0 Å². The molecule has 0 rings (SSSR count). The van der Waals surface area contributed by atoms with Gasteiger partial charge < -0.3 is 5.32 Å². The second-order valence-electron chi connectivity index (χ2n) is 2.81. The molecule has 0 bridgehead atoms. The molecule has 0 aliphatic rings. The molecule has 3 nitrogen and oxygen atoms in total. The van der Waals surface area contributed by atoms with E-state index in [1.54, 1.807) is 0 Å². The maximum absolute atomic E-state index is 8.93. The van der Waals surface area contributed by atoms with E-state index in [0.717, 1.165) is 0 Å². The van der Waals surface area contributed by atoms with Crippen molar-refractivity contribution in [1.29, 1.82) is 0 Å². The Morgan fingerprint density at radius 2 is 1.90 bits per heavy atom. The van der Waals surface area contributed by atoms with Crippen LogP contribution in [0.1, 0.15) is 13.8 Å². The van der Waals surface area contributed by atoms with E-state index in [4.69, 9.17) is 9.11 Å². The molecule has 0 spiro atoms. The Hall–Kier alpha value is 0.230. The lowest BCUT2D eigenvalue weighted by Gasteiger charge is -2.26. The molecule has 0 saturated carbocycles. The highest BCUT2D eigenvalue weighted by Crippen LogP contribution is 2.31. The molecule has 0 amide bonds. The topological polar surface area (TPSA) is 52.5 Å². The Morgan fingerprint density at radius 1 is 1.40 bits per heavy atom. The van der Waals surface area contributed by atoms with E-state index in [9.17, 15) is 0 Å². The van der Waals surface area contributed by atoms with E-state index in [1.807, 2.05) is 13.8 Å². The molecular weight excluding hydrogens is 150 g/mol. The Morgan fingerprint density at radius 3 is 2.20 bits per heavy atom. The van der Waals surface area contributed by atoms with Gasteiger partial charge in [-0.25, -0.2) is 0 Å². The molecule has 0 fully saturated rings. The first-order valence-electron chi connectivity index (χ1n) is 3.36. The summed E-state index contributed by atoms with van der Waals surface area (Å²) in [6.07, 6.45) is 1.47. The van der Waals surface area contributed by atoms with Gasteiger partial charge >= 0.3 is 0 Å². The molecule has 0 aromatic heterocycles. The highest BCUT2D eigenvalue weighted by molar-refractivity contribution is 8.23. The summed E-state index contributed by atoms with van der Waals surface area (Å²) in [6.45, 7) is 4.74. The zero-order chi connectivity index (χ0) is 8.20. The molecule has 0 aliphatic carbocycles. The van der Waals surface area contributed by atoms with Crippen molar-refractivity contribution in [1.82, 2.24) is 5.32 Å². The molecule has 3 N–H and O–H groups in total. The molecule has 0 radical (unpaired) electrons. The first-order chi connectivity index (χ1) is 4.42. The van der Waals surface area contributed by atoms with E-state index in [2.05, 4.69) is 5.32 Å². The molecule has 0 atom stereocenters. The smallest absolute Gasteiger partial charge is 0.0496 e. The van der Waals surface area contributed by atoms with Gasteiger partial charge in [-0.3, -0.25) is 9.11 Å². The molecule has 0 heterocycles. The van der Waals surface area contributed by atoms with Gasteiger partial charge in [-0.1, -0.05) is 13.8 Å². The van der Waals surface area contributed by atoms with Gasteiger partial charge in [0.2, 0.25) is 0 Å². The van der Waals surface area contributed by atoms with Gasteiger partial charge in [-0.15, -0.1) is 0 Å². The second kappa shape index (κ2) is 4.18. The molecule has 0 unspecified atom stereocenters. The Labute approximate surface area is 64.2 Å². The van der Waals surface area contributed by atoms with E-state index < -0.39 is 10.6 Å². The van der Waals surface area contributed by atoms with Crippen LogP contribution in [0.2, 0.25) is 0 Å². The van der Waals surface area contributed by atoms with E-state index in [-0.39, 0.29) is 0 Å². The molecule has 4 heteroatoms. The van der Waals surface area contributed by atoms with Crippen LogP contribution in [-0.2, 0) is 0 Å². The first kappa shape index (κ1) is 10.2. The fourth-order valence-electron chi connectivity index (χ4n) is 0.541. The van der Waals surface area contributed by atoms with Crippen molar-refractivity contribution in [3.05, 3.63) is 0 Å². The summed E-state index contributed by atoms with van der Waals surface area (Å²) in [5, 5.41) is 3.10. The number of hydrogen-bond acceptors (Lipinski definition) is 3. The summed E-state index contributed by atoms with van der Waals surface area (Å²) in [7, 11) is -2.28. The number of hydrogen-bond donors (Lipinski definition) is 3. The van der Waals surface area contributed by atoms with E-state index in [1.165, 1.54) is 6.26 Å². The van der Waals surface area contributed by atoms with E-state index in [0.29, 0.717) is 18.3 Å². The average Bonchev–Trinajstić information content (AvgIpc) is 1.59. The Bertz CT molecular complexity index is 90.2. The van der Waals surface area contributed by atoms with Crippen molar-refractivity contribution >= 4 is 10.6 Å². The lowest BCUT2D eigenvalue weighted by atomic mass is 10.4. The third kappa shape index (κ3) is 8.23. The van der Waals surface area contributed by atoms with Crippen molar-refractivity contribution in [2.75, 3.05) is 18.6 Å². The highest BCUT2D eigenvalue weighted by atomic mass is 32.3. The van der Waals surface area contributed by atoms with Gasteiger partial charge in [0.25, 0.3) is 0 Å². The second-order valence-corrected chi connectivity index (χ2v) is 5.20. The van der Waals surface area contributed by atoms with Crippen molar-refractivity contribution in [3.8, 4) is 0 Å². The van der Waals surface area contributed by atoms with Gasteiger partial charge in [0.05, 0.1) is 0 Å². The molecule has 64 valence electrons. The minimum absolute atomic E-state index is 0.418. The molecule has 0 aromatic carbocycles. The zero-order valence-electron chi connectivity index (χ0n) is 6.79. The quantitative estimate of drug-likeness (QED) is 0.592. The monoisotopic (exact) mass is 167 g/mol. The third-order valence-electron chi connectivity index (χ3n) is 1.04. The predicted octanol–water partition coefficient (Wildman–Crippen LogP) is 1.36. The van der Waals surface area contributed by atoms with Crippen LogP contribution in [0.3, 0.4) is 0 Å². The predicted molar refractivity (Wildman–Crippen MR) is 46.8 cm³/mol. The molecule has 10 heavy (non-hydrogen) atoms. The van der Waals surface area contributed by atoms with Crippen LogP contribution in [0.15, 0.2) is 0 Å². The fraction of sp³-hybridized carbons (Fsp3) is 1.00. The summed E-state index contributed by atoms with van der Waals surface area (Å²) in [6, 6.07) is 0.418. The van der Waals surface area contributed by atoms with Crippen LogP contribution in [0.5, 0.6) is 0 Å². The Kier molecular flexibility index (Phi) is 4.28. The first-order valence-corrected chi connectivity index (χ1v) is 5.48. The van der Waals surface area contributed by atoms with Gasteiger partial charge in [0.15, 0.2) is 0 Å². The number of rotatable bonds is 4. The highest BCUT2D eigenvalue weighted by Gasteiger charge is 2.02. The van der Waals surface area contributed by atoms with Crippen LogP contribution in [0.25, 0.3) is 0 Å². The average molecular weight is 167 g/mol. The third-order valence-corrected chi connectivity index (χ3v) is 2.02. The fourth-order valence-corrected chi connectivity index (χ4v) is 1.05. The summed E-state index contributed by atoms with van der Waals surface area (Å²) in [4.78, 5) is 0. The summed E-state index contributed by atoms with van der Waals surface area (Å²) in [5.74, 6) is 0.450. The van der Waals surface area contributed by atoms with Gasteiger partial charge in [0, 0.05) is 24.6 Å². The molecular formula is C6H17NO2S. The zero-order valence-corrected chi connectivity index (χ0v) is 7.61. The van der Waals surface area contributed by atoms with Crippen LogP contribution in [-0.4, -0.2) is 33.7 Å². The maximum Gasteiger partial charge on any atom is 0.0496 e. The summed E-state index contributed by atoms with van der Waals surface area (Å²) >= 11 is 0. The van der Waals surface area contributed by atoms with Crippen molar-refractivity contribution < 1.29 is 9.11 Å². The lowest BCUT2D eigenvalue weighted by Crippen LogP contribution is -2.27.